The van der Waals surface area contributed by atoms with E-state index in [0.717, 1.165) is 6.42 Å². The predicted octanol–water partition coefficient (Wildman–Crippen LogP) is 0.768. The van der Waals surface area contributed by atoms with Crippen LogP contribution in [0.4, 0.5) is 0 Å². The van der Waals surface area contributed by atoms with E-state index in [2.05, 4.69) is 12.2 Å². The van der Waals surface area contributed by atoms with Crippen molar-refractivity contribution in [1.29, 1.82) is 0 Å². The lowest BCUT2D eigenvalue weighted by molar-refractivity contribution is 0.176. The van der Waals surface area contributed by atoms with Crippen LogP contribution in [0.15, 0.2) is 0 Å². The van der Waals surface area contributed by atoms with Gasteiger partial charge in [0.1, 0.15) is 0 Å². The van der Waals surface area contributed by atoms with E-state index in [0.29, 0.717) is 12.4 Å². The standard InChI is InChI=1S/C9H21NO2S/c1-5-8(2)13(11)7-9(10-3)6-12-4/h8-10H,5-7H2,1-4H3. The lowest BCUT2D eigenvalue weighted by Gasteiger charge is -2.16. The number of hydrogen-bond donors (Lipinski definition) is 1. The summed E-state index contributed by atoms with van der Waals surface area (Å²) in [6.45, 7) is 4.71. The minimum atomic E-state index is -0.739. The molecular weight excluding hydrogens is 186 g/mol. The average molecular weight is 207 g/mol. The van der Waals surface area contributed by atoms with Crippen molar-refractivity contribution in [2.45, 2.75) is 31.6 Å². The highest BCUT2D eigenvalue weighted by Gasteiger charge is 2.14. The van der Waals surface area contributed by atoms with Gasteiger partial charge in [0.05, 0.1) is 6.61 Å². The van der Waals surface area contributed by atoms with Crippen molar-refractivity contribution in [2.24, 2.45) is 0 Å². The van der Waals surface area contributed by atoms with Gasteiger partial charge in [-0.2, -0.15) is 0 Å². The normalized spacial score (nSPS) is 18.2. The smallest absolute Gasteiger partial charge is 0.0624 e. The highest BCUT2D eigenvalue weighted by atomic mass is 32.2. The predicted molar refractivity (Wildman–Crippen MR) is 57.5 cm³/mol. The summed E-state index contributed by atoms with van der Waals surface area (Å²) in [6, 6.07) is 0.208. The number of ether oxygens (including phenoxy) is 1. The molecule has 0 aromatic heterocycles. The molecule has 0 bridgehead atoms. The van der Waals surface area contributed by atoms with Crippen molar-refractivity contribution >= 4 is 10.8 Å². The van der Waals surface area contributed by atoms with Crippen LogP contribution in [0.3, 0.4) is 0 Å². The number of methoxy groups -OCH3 is 1. The Morgan fingerprint density at radius 1 is 1.54 bits per heavy atom. The fourth-order valence-electron chi connectivity index (χ4n) is 0.964. The summed E-state index contributed by atoms with van der Waals surface area (Å²) >= 11 is 0. The van der Waals surface area contributed by atoms with E-state index in [1.807, 2.05) is 14.0 Å². The SMILES string of the molecule is CCC(C)S(=O)CC(COC)NC. The number of hydrogen-bond acceptors (Lipinski definition) is 3. The second-order valence-electron chi connectivity index (χ2n) is 3.21. The average Bonchev–Trinajstić information content (AvgIpc) is 2.15. The maximum absolute atomic E-state index is 11.6. The van der Waals surface area contributed by atoms with Gasteiger partial charge in [0, 0.05) is 35.0 Å². The molecule has 0 saturated heterocycles. The van der Waals surface area contributed by atoms with Crippen LogP contribution in [0.2, 0.25) is 0 Å². The fraction of sp³-hybridized carbons (Fsp3) is 1.00. The monoisotopic (exact) mass is 207 g/mol. The molecule has 0 aromatic carbocycles. The highest BCUT2D eigenvalue weighted by Crippen LogP contribution is 2.02. The molecule has 0 heterocycles. The van der Waals surface area contributed by atoms with E-state index < -0.39 is 10.8 Å². The van der Waals surface area contributed by atoms with Crippen LogP contribution in [0.25, 0.3) is 0 Å². The molecule has 0 aliphatic heterocycles. The molecule has 0 aliphatic carbocycles. The Kier molecular flexibility index (Phi) is 7.51. The van der Waals surface area contributed by atoms with Gasteiger partial charge in [0.15, 0.2) is 0 Å². The molecule has 3 atom stereocenters. The van der Waals surface area contributed by atoms with Crippen molar-refractivity contribution in [2.75, 3.05) is 26.5 Å². The Morgan fingerprint density at radius 3 is 2.54 bits per heavy atom. The minimum Gasteiger partial charge on any atom is -0.383 e. The van der Waals surface area contributed by atoms with Gasteiger partial charge < -0.3 is 10.1 Å². The van der Waals surface area contributed by atoms with Gasteiger partial charge in [-0.15, -0.1) is 0 Å². The van der Waals surface area contributed by atoms with Crippen LogP contribution in [0.1, 0.15) is 20.3 Å². The first-order chi connectivity index (χ1) is 6.15. The van der Waals surface area contributed by atoms with E-state index in [4.69, 9.17) is 4.74 Å². The van der Waals surface area contributed by atoms with Crippen LogP contribution in [-0.4, -0.2) is 42.0 Å². The molecule has 0 radical (unpaired) electrons. The quantitative estimate of drug-likeness (QED) is 0.670. The summed E-state index contributed by atoms with van der Waals surface area (Å²) in [6.07, 6.45) is 0.968. The molecule has 3 nitrogen and oxygen atoms in total. The number of likely N-dealkylation sites (N-methyl/N-ethyl adjacent to an activating group) is 1. The molecule has 0 fully saturated rings. The van der Waals surface area contributed by atoms with Crippen LogP contribution in [0.5, 0.6) is 0 Å². The van der Waals surface area contributed by atoms with Crippen LogP contribution >= 0.6 is 0 Å². The molecule has 13 heavy (non-hydrogen) atoms. The summed E-state index contributed by atoms with van der Waals surface area (Å²) in [7, 11) is 2.80. The van der Waals surface area contributed by atoms with E-state index in [1.165, 1.54) is 0 Å². The zero-order valence-electron chi connectivity index (χ0n) is 9.00. The third-order valence-corrected chi connectivity index (χ3v) is 4.13. The second kappa shape index (κ2) is 7.47. The first-order valence-corrected chi connectivity index (χ1v) is 6.07. The summed E-state index contributed by atoms with van der Waals surface area (Å²) < 4.78 is 16.6. The Balaban J connectivity index is 3.85. The van der Waals surface area contributed by atoms with E-state index >= 15 is 0 Å². The second-order valence-corrected chi connectivity index (χ2v) is 5.11. The Hall–Kier alpha value is 0.0700. The van der Waals surface area contributed by atoms with E-state index in [9.17, 15) is 4.21 Å². The first kappa shape index (κ1) is 13.1. The van der Waals surface area contributed by atoms with Gasteiger partial charge in [-0.3, -0.25) is 4.21 Å². The van der Waals surface area contributed by atoms with Crippen LogP contribution < -0.4 is 5.32 Å². The van der Waals surface area contributed by atoms with Crippen molar-refractivity contribution < 1.29 is 8.95 Å². The Labute approximate surface area is 83.7 Å². The maximum Gasteiger partial charge on any atom is 0.0624 e. The Bertz CT molecular complexity index is 153. The summed E-state index contributed by atoms with van der Waals surface area (Å²) in [5.74, 6) is 0.680. The van der Waals surface area contributed by atoms with Gasteiger partial charge in [-0.25, -0.2) is 0 Å². The Morgan fingerprint density at radius 2 is 2.15 bits per heavy atom. The lowest BCUT2D eigenvalue weighted by Crippen LogP contribution is -2.36. The van der Waals surface area contributed by atoms with Crippen molar-refractivity contribution in [3.8, 4) is 0 Å². The van der Waals surface area contributed by atoms with Gasteiger partial charge >= 0.3 is 0 Å². The molecule has 0 rings (SSSR count). The summed E-state index contributed by atoms with van der Waals surface area (Å²) in [5, 5.41) is 3.38. The molecule has 1 N–H and O–H groups in total. The van der Waals surface area contributed by atoms with Crippen LogP contribution in [0, 0.1) is 0 Å². The molecule has 3 unspecified atom stereocenters. The molecule has 4 heteroatoms. The van der Waals surface area contributed by atoms with Gasteiger partial charge in [-0.05, 0) is 13.5 Å². The van der Waals surface area contributed by atoms with Gasteiger partial charge in [0.2, 0.25) is 0 Å². The third kappa shape index (κ3) is 5.39. The van der Waals surface area contributed by atoms with Crippen LogP contribution in [-0.2, 0) is 15.5 Å². The highest BCUT2D eigenvalue weighted by molar-refractivity contribution is 7.85. The van der Waals surface area contributed by atoms with Gasteiger partial charge in [-0.1, -0.05) is 13.8 Å². The minimum absolute atomic E-state index is 0.208. The third-order valence-electron chi connectivity index (χ3n) is 2.17. The molecule has 0 saturated carbocycles. The summed E-state index contributed by atoms with van der Waals surface area (Å²) in [4.78, 5) is 0. The summed E-state index contributed by atoms with van der Waals surface area (Å²) in [5.41, 5.74) is 0. The van der Waals surface area contributed by atoms with Gasteiger partial charge in [0.25, 0.3) is 0 Å². The molecule has 0 aromatic rings. The topological polar surface area (TPSA) is 38.3 Å². The molecule has 0 amide bonds. The maximum atomic E-state index is 11.6. The van der Waals surface area contributed by atoms with Crippen molar-refractivity contribution in [1.82, 2.24) is 5.32 Å². The zero-order chi connectivity index (χ0) is 10.3. The molecular formula is C9H21NO2S. The molecule has 0 spiro atoms. The van der Waals surface area contributed by atoms with Crippen molar-refractivity contribution in [3.05, 3.63) is 0 Å². The molecule has 0 aliphatic rings. The lowest BCUT2D eigenvalue weighted by atomic mass is 10.4. The largest absolute Gasteiger partial charge is 0.383 e. The van der Waals surface area contributed by atoms with E-state index in [-0.39, 0.29) is 11.3 Å². The molecule has 80 valence electrons. The fourth-order valence-corrected chi connectivity index (χ4v) is 2.32. The first-order valence-electron chi connectivity index (χ1n) is 4.69. The van der Waals surface area contributed by atoms with E-state index in [1.54, 1.807) is 7.11 Å². The van der Waals surface area contributed by atoms with Crippen molar-refractivity contribution in [3.63, 3.8) is 0 Å². The number of rotatable bonds is 7. The zero-order valence-corrected chi connectivity index (χ0v) is 9.82. The number of nitrogens with one attached hydrogen (secondary N) is 1.